The van der Waals surface area contributed by atoms with E-state index in [1.807, 2.05) is 72.8 Å². The Hall–Kier alpha value is -6.94. The lowest BCUT2D eigenvalue weighted by atomic mass is 9.98. The van der Waals surface area contributed by atoms with Gasteiger partial charge in [0.2, 0.25) is 5.91 Å². The fraction of sp³-hybridized carbons (Fsp3) is 0.412. The maximum atomic E-state index is 13.8. The van der Waals surface area contributed by atoms with Crippen molar-refractivity contribution in [2.45, 2.75) is 96.2 Å². The van der Waals surface area contributed by atoms with Crippen molar-refractivity contribution in [2.24, 2.45) is 0 Å². The quantitative estimate of drug-likeness (QED) is 0.0338. The number of hydrogen-bond acceptors (Lipinski definition) is 12. The largest absolute Gasteiger partial charge is 0.467 e. The van der Waals surface area contributed by atoms with E-state index < -0.39 is 66.4 Å². The normalized spacial score (nSPS) is 13.1. The van der Waals surface area contributed by atoms with E-state index in [0.29, 0.717) is 12.8 Å². The Morgan fingerprint density at radius 2 is 1.21 bits per heavy atom. The molecule has 3 atom stereocenters. The first-order valence-corrected chi connectivity index (χ1v) is 22.6. The van der Waals surface area contributed by atoms with Crippen molar-refractivity contribution in [1.29, 1.82) is 0 Å². The fourth-order valence-corrected chi connectivity index (χ4v) is 7.61. The summed E-state index contributed by atoms with van der Waals surface area (Å²) in [5.74, 6) is -1.92. The van der Waals surface area contributed by atoms with Gasteiger partial charge in [0.25, 0.3) is 0 Å². The predicted octanol–water partition coefficient (Wildman–Crippen LogP) is 7.00. The zero-order valence-corrected chi connectivity index (χ0v) is 38.9. The van der Waals surface area contributed by atoms with Crippen LogP contribution in [-0.4, -0.2) is 105 Å². The number of unbranched alkanes of at least 4 members (excludes halogenated alkanes) is 1. The summed E-state index contributed by atoms with van der Waals surface area (Å²) in [6.07, 6.45) is -0.706. The number of rotatable bonds is 23. The lowest BCUT2D eigenvalue weighted by molar-refractivity contribution is -0.151. The number of esters is 2. The molecule has 0 aromatic heterocycles. The zero-order valence-electron chi connectivity index (χ0n) is 38.9. The first kappa shape index (κ1) is 51.1. The van der Waals surface area contributed by atoms with Crippen molar-refractivity contribution in [3.8, 4) is 11.1 Å². The number of methoxy groups -OCH3 is 1. The number of alkyl carbamates (subject to hydrolysis) is 3. The van der Waals surface area contributed by atoms with Gasteiger partial charge in [0.1, 0.15) is 44.1 Å². The molecule has 0 fully saturated rings. The van der Waals surface area contributed by atoms with Crippen molar-refractivity contribution >= 4 is 36.1 Å². The molecule has 0 spiro atoms. The molecule has 1 unspecified atom stereocenters. The molecule has 4 amide bonds. The van der Waals surface area contributed by atoms with Crippen LogP contribution in [0.3, 0.4) is 0 Å². The van der Waals surface area contributed by atoms with Gasteiger partial charge in [-0.1, -0.05) is 109 Å². The highest BCUT2D eigenvalue weighted by molar-refractivity contribution is 5.87. The Morgan fingerprint density at radius 3 is 1.81 bits per heavy atom. The van der Waals surface area contributed by atoms with E-state index in [-0.39, 0.29) is 58.2 Å². The number of carbonyl (C=O) groups is 6. The number of nitrogens with one attached hydrogen (secondary N) is 4. The molecule has 4 aromatic rings. The van der Waals surface area contributed by atoms with Crippen LogP contribution in [0.4, 0.5) is 14.4 Å². The number of hydrogen-bond donors (Lipinski definition) is 4. The molecule has 4 aromatic carbocycles. The Labute approximate surface area is 392 Å². The van der Waals surface area contributed by atoms with Crippen LogP contribution in [0.25, 0.3) is 11.1 Å². The number of ether oxygens (including phenoxy) is 5. The van der Waals surface area contributed by atoms with Gasteiger partial charge in [0, 0.05) is 31.6 Å². The summed E-state index contributed by atoms with van der Waals surface area (Å²) in [5, 5.41) is 11.4. The van der Waals surface area contributed by atoms with Crippen molar-refractivity contribution in [3.05, 3.63) is 131 Å². The molecular weight excluding hydrogens is 859 g/mol. The number of benzene rings is 4. The molecular formula is C51H63N5O11. The van der Waals surface area contributed by atoms with E-state index >= 15 is 0 Å². The highest BCUT2D eigenvalue weighted by atomic mass is 16.6. The van der Waals surface area contributed by atoms with Gasteiger partial charge in [-0.25, -0.2) is 19.2 Å². The standard InChI is InChI=1S/C51H63N5O11/c1-35(46(58)63-5)56(45(57)31-54-49(61)65-33-37-20-10-7-11-21-37)29-27-38(30-53-50(62)67-51(2,3)4)55-44(47(59)64-32-36-18-8-6-9-19-36)26-16-17-28-52-48(60)66-34-43-41-24-14-12-22-39(41)40-23-13-15-25-42(40)43/h6-15,18-25,35,38,43-44,55H,16-17,26-34H2,1-5H3,(H,52,60)(H,53,62)(H,54,61)/t35-,38?,44+/m0/s1. The second kappa shape index (κ2) is 25.7. The molecule has 0 aliphatic heterocycles. The summed E-state index contributed by atoms with van der Waals surface area (Å²) in [4.78, 5) is 79.8. The number of amides is 4. The van der Waals surface area contributed by atoms with Crippen LogP contribution < -0.4 is 21.3 Å². The molecule has 0 bridgehead atoms. The molecule has 1 aliphatic carbocycles. The van der Waals surface area contributed by atoms with Crippen LogP contribution in [-0.2, 0) is 51.3 Å². The third kappa shape index (κ3) is 16.5. The highest BCUT2D eigenvalue weighted by Gasteiger charge is 2.31. The third-order valence-corrected chi connectivity index (χ3v) is 11.0. The lowest BCUT2D eigenvalue weighted by Gasteiger charge is -2.31. The molecule has 4 N–H and O–H groups in total. The molecule has 1 aliphatic rings. The van der Waals surface area contributed by atoms with Crippen LogP contribution in [0.5, 0.6) is 0 Å². The maximum Gasteiger partial charge on any atom is 0.407 e. The first-order chi connectivity index (χ1) is 32.2. The minimum Gasteiger partial charge on any atom is -0.467 e. The SMILES string of the molecule is COC(=O)[C@H](C)N(CCC(CNC(=O)OC(C)(C)C)N[C@H](CCCCNC(=O)OCC1c2ccccc2-c2ccccc21)C(=O)OCc1ccccc1)C(=O)CNC(=O)OCc1ccccc1. The minimum atomic E-state index is -1.06. The van der Waals surface area contributed by atoms with Crippen LogP contribution in [0.1, 0.15) is 81.5 Å². The first-order valence-electron chi connectivity index (χ1n) is 22.6. The van der Waals surface area contributed by atoms with Crippen LogP contribution in [0.2, 0.25) is 0 Å². The second-order valence-corrected chi connectivity index (χ2v) is 17.1. The van der Waals surface area contributed by atoms with Crippen LogP contribution in [0.15, 0.2) is 109 Å². The van der Waals surface area contributed by atoms with Gasteiger partial charge < -0.3 is 44.5 Å². The fourth-order valence-electron chi connectivity index (χ4n) is 7.61. The van der Waals surface area contributed by atoms with Crippen molar-refractivity contribution < 1.29 is 52.5 Å². The van der Waals surface area contributed by atoms with E-state index in [0.717, 1.165) is 33.4 Å². The average Bonchev–Trinajstić information content (AvgIpc) is 3.65. The average molecular weight is 922 g/mol. The Bertz CT molecular complexity index is 2210. The second-order valence-electron chi connectivity index (χ2n) is 17.1. The van der Waals surface area contributed by atoms with Gasteiger partial charge in [-0.15, -0.1) is 0 Å². The summed E-state index contributed by atoms with van der Waals surface area (Å²) in [7, 11) is 1.20. The highest BCUT2D eigenvalue weighted by Crippen LogP contribution is 2.44. The van der Waals surface area contributed by atoms with E-state index in [9.17, 15) is 28.8 Å². The Balaban J connectivity index is 1.22. The number of carbonyl (C=O) groups excluding carboxylic acids is 6. The van der Waals surface area contributed by atoms with Crippen molar-refractivity contribution in [2.75, 3.05) is 39.9 Å². The van der Waals surface area contributed by atoms with Crippen molar-refractivity contribution in [3.63, 3.8) is 0 Å². The summed E-state index contributed by atoms with van der Waals surface area (Å²) in [6, 6.07) is 31.8. The molecule has 0 radical (unpaired) electrons. The van der Waals surface area contributed by atoms with Gasteiger partial charge in [0.05, 0.1) is 7.11 Å². The van der Waals surface area contributed by atoms with Gasteiger partial charge in [-0.05, 0) is 86.8 Å². The van der Waals surface area contributed by atoms with E-state index in [4.69, 9.17) is 23.7 Å². The minimum absolute atomic E-state index is 0.00876. The molecule has 358 valence electrons. The van der Waals surface area contributed by atoms with E-state index in [2.05, 4.69) is 45.5 Å². The number of nitrogens with zero attached hydrogens (tertiary/aromatic N) is 1. The maximum absolute atomic E-state index is 13.8. The van der Waals surface area contributed by atoms with Crippen molar-refractivity contribution in [1.82, 2.24) is 26.2 Å². The summed E-state index contributed by atoms with van der Waals surface area (Å²) < 4.78 is 27.2. The van der Waals surface area contributed by atoms with Gasteiger partial charge in [-0.3, -0.25) is 14.9 Å². The third-order valence-electron chi connectivity index (χ3n) is 11.0. The molecule has 0 saturated carbocycles. The summed E-state index contributed by atoms with van der Waals surface area (Å²) in [6.45, 7) is 6.57. The molecule has 16 heteroatoms. The van der Waals surface area contributed by atoms with E-state index in [1.165, 1.54) is 18.9 Å². The molecule has 67 heavy (non-hydrogen) atoms. The van der Waals surface area contributed by atoms with E-state index in [1.54, 1.807) is 32.9 Å². The van der Waals surface area contributed by atoms with Crippen LogP contribution in [0, 0.1) is 0 Å². The summed E-state index contributed by atoms with van der Waals surface area (Å²) >= 11 is 0. The van der Waals surface area contributed by atoms with Gasteiger partial charge in [0.15, 0.2) is 0 Å². The monoisotopic (exact) mass is 921 g/mol. The molecule has 16 nitrogen and oxygen atoms in total. The predicted molar refractivity (Wildman–Crippen MR) is 251 cm³/mol. The number of fused-ring (bicyclic) bond motifs is 3. The lowest BCUT2D eigenvalue weighted by Crippen LogP contribution is -2.53. The summed E-state index contributed by atoms with van der Waals surface area (Å²) in [5.41, 5.74) is 5.24. The smallest absolute Gasteiger partial charge is 0.407 e. The van der Waals surface area contributed by atoms with Crippen LogP contribution >= 0.6 is 0 Å². The molecule has 0 heterocycles. The zero-order chi connectivity index (χ0) is 48.2. The topological polar surface area (TPSA) is 200 Å². The van der Waals surface area contributed by atoms with Gasteiger partial charge >= 0.3 is 30.2 Å². The molecule has 0 saturated heterocycles. The molecule has 5 rings (SSSR count). The van der Waals surface area contributed by atoms with Gasteiger partial charge in [-0.2, -0.15) is 0 Å². The Morgan fingerprint density at radius 1 is 0.642 bits per heavy atom. The Kier molecular flexibility index (Phi) is 19.6.